The number of allylic oxidation sites excluding steroid dienone is 1. The van der Waals surface area contributed by atoms with E-state index in [1.807, 2.05) is 6.08 Å². The molecule has 0 atom stereocenters. The first-order chi connectivity index (χ1) is 8.06. The first-order valence-corrected chi connectivity index (χ1v) is 7.95. The zero-order valence-electron chi connectivity index (χ0n) is 10.7. The molecule has 0 amide bonds. The summed E-state index contributed by atoms with van der Waals surface area (Å²) >= 11 is 0. The lowest BCUT2D eigenvalue weighted by atomic mass is 10.3. The van der Waals surface area contributed by atoms with E-state index in [-0.39, 0.29) is 5.75 Å². The van der Waals surface area contributed by atoms with Crippen molar-refractivity contribution in [2.24, 2.45) is 0 Å². The normalized spacial score (nSPS) is 16.4. The maximum Gasteiger partial charge on any atom is 0.213 e. The van der Waals surface area contributed by atoms with Crippen LogP contribution in [0, 0.1) is 0 Å². The number of rotatable bonds is 10. The minimum atomic E-state index is -3.06. The summed E-state index contributed by atoms with van der Waals surface area (Å²) in [6.07, 6.45) is 6.72. The Bertz CT molecular complexity index is 323. The number of hydrogen-bond donors (Lipinski definition) is 1. The van der Waals surface area contributed by atoms with E-state index < -0.39 is 10.0 Å². The van der Waals surface area contributed by atoms with Crippen LogP contribution in [0.5, 0.6) is 0 Å². The average molecular weight is 260 g/mol. The molecule has 0 unspecified atom stereocenters. The average Bonchev–Trinajstić information content (AvgIpc) is 3.08. The number of unbranched alkanes of at least 4 members (excludes halogenated alkanes) is 1. The molecule has 1 aliphatic carbocycles. The van der Waals surface area contributed by atoms with Gasteiger partial charge in [-0.15, -0.1) is 6.58 Å². The summed E-state index contributed by atoms with van der Waals surface area (Å²) in [5.74, 6) is 0.247. The van der Waals surface area contributed by atoms with Gasteiger partial charge in [0.1, 0.15) is 0 Å². The SMILES string of the molecule is C=CCCCN(C)S(=O)(=O)CCCNC1CC1. The monoisotopic (exact) mass is 260 g/mol. The third-order valence-corrected chi connectivity index (χ3v) is 4.88. The van der Waals surface area contributed by atoms with Gasteiger partial charge < -0.3 is 5.32 Å². The highest BCUT2D eigenvalue weighted by atomic mass is 32.2. The summed E-state index contributed by atoms with van der Waals surface area (Å²) in [6, 6.07) is 0.656. The Balaban J connectivity index is 2.15. The Kier molecular flexibility index (Phi) is 6.16. The van der Waals surface area contributed by atoms with Crippen LogP contribution in [0.3, 0.4) is 0 Å². The molecular formula is C12H24N2O2S. The molecule has 17 heavy (non-hydrogen) atoms. The van der Waals surface area contributed by atoms with Gasteiger partial charge >= 0.3 is 0 Å². The maximum absolute atomic E-state index is 11.9. The van der Waals surface area contributed by atoms with Crippen molar-refractivity contribution in [3.05, 3.63) is 12.7 Å². The van der Waals surface area contributed by atoms with Gasteiger partial charge in [0.25, 0.3) is 0 Å². The third-order valence-electron chi connectivity index (χ3n) is 2.95. The van der Waals surface area contributed by atoms with Crippen molar-refractivity contribution >= 4 is 10.0 Å². The lowest BCUT2D eigenvalue weighted by Gasteiger charge is -2.16. The Morgan fingerprint density at radius 1 is 1.41 bits per heavy atom. The fourth-order valence-electron chi connectivity index (χ4n) is 1.60. The maximum atomic E-state index is 11.9. The molecule has 0 bridgehead atoms. The summed E-state index contributed by atoms with van der Waals surface area (Å²) in [5.41, 5.74) is 0. The molecule has 0 radical (unpaired) electrons. The van der Waals surface area contributed by atoms with Gasteiger partial charge in [-0.05, 0) is 38.6 Å². The van der Waals surface area contributed by atoms with Crippen LogP contribution < -0.4 is 5.32 Å². The number of nitrogens with zero attached hydrogens (tertiary/aromatic N) is 1. The molecule has 0 aliphatic heterocycles. The zero-order valence-corrected chi connectivity index (χ0v) is 11.5. The molecule has 0 spiro atoms. The van der Waals surface area contributed by atoms with Crippen molar-refractivity contribution in [3.63, 3.8) is 0 Å². The summed E-state index contributed by atoms with van der Waals surface area (Å²) in [7, 11) is -1.40. The second kappa shape index (κ2) is 7.13. The molecule has 5 heteroatoms. The van der Waals surface area contributed by atoms with Crippen LogP contribution in [0.2, 0.25) is 0 Å². The van der Waals surface area contributed by atoms with Crippen molar-refractivity contribution in [1.82, 2.24) is 9.62 Å². The second-order valence-corrected chi connectivity index (χ2v) is 6.85. The van der Waals surface area contributed by atoms with Gasteiger partial charge in [-0.25, -0.2) is 12.7 Å². The first-order valence-electron chi connectivity index (χ1n) is 6.34. The molecule has 1 aliphatic rings. The molecule has 1 saturated carbocycles. The van der Waals surface area contributed by atoms with Crippen molar-refractivity contribution in [2.75, 3.05) is 25.9 Å². The van der Waals surface area contributed by atoms with Crippen LogP contribution in [0.15, 0.2) is 12.7 Å². The van der Waals surface area contributed by atoms with Crippen LogP contribution >= 0.6 is 0 Å². The van der Waals surface area contributed by atoms with Gasteiger partial charge in [0.2, 0.25) is 10.0 Å². The lowest BCUT2D eigenvalue weighted by molar-refractivity contribution is 0.460. The molecule has 1 rings (SSSR count). The summed E-state index contributed by atoms with van der Waals surface area (Å²) in [4.78, 5) is 0. The first kappa shape index (κ1) is 14.7. The van der Waals surface area contributed by atoms with Crippen molar-refractivity contribution in [2.45, 2.75) is 38.1 Å². The second-order valence-electron chi connectivity index (χ2n) is 4.65. The summed E-state index contributed by atoms with van der Waals surface area (Å²) in [6.45, 7) is 5.02. The van der Waals surface area contributed by atoms with Crippen molar-refractivity contribution < 1.29 is 8.42 Å². The fraction of sp³-hybridized carbons (Fsp3) is 0.833. The van der Waals surface area contributed by atoms with Crippen LogP contribution in [-0.4, -0.2) is 44.7 Å². The quantitative estimate of drug-likeness (QED) is 0.476. The van der Waals surface area contributed by atoms with Crippen LogP contribution in [0.1, 0.15) is 32.1 Å². The molecule has 0 aromatic rings. The van der Waals surface area contributed by atoms with Crippen LogP contribution in [0.25, 0.3) is 0 Å². The summed E-state index contributed by atoms with van der Waals surface area (Å²) in [5, 5.41) is 3.32. The van der Waals surface area contributed by atoms with Crippen molar-refractivity contribution in [3.8, 4) is 0 Å². The van der Waals surface area contributed by atoms with Gasteiger partial charge in [0.15, 0.2) is 0 Å². The Labute approximate surface area is 105 Å². The molecule has 0 saturated heterocycles. The zero-order chi connectivity index (χ0) is 12.7. The van der Waals surface area contributed by atoms with E-state index in [4.69, 9.17) is 0 Å². The molecule has 0 aromatic carbocycles. The number of nitrogens with one attached hydrogen (secondary N) is 1. The minimum Gasteiger partial charge on any atom is -0.314 e. The Morgan fingerprint density at radius 2 is 2.12 bits per heavy atom. The molecular weight excluding hydrogens is 236 g/mol. The Morgan fingerprint density at radius 3 is 2.71 bits per heavy atom. The van der Waals surface area contributed by atoms with E-state index in [1.54, 1.807) is 7.05 Å². The predicted octanol–water partition coefficient (Wildman–Crippen LogP) is 1.36. The lowest BCUT2D eigenvalue weighted by Crippen LogP contribution is -2.31. The fourth-order valence-corrected chi connectivity index (χ4v) is 2.83. The Hall–Kier alpha value is -0.390. The highest BCUT2D eigenvalue weighted by Gasteiger charge is 2.21. The van der Waals surface area contributed by atoms with Gasteiger partial charge in [-0.1, -0.05) is 6.08 Å². The van der Waals surface area contributed by atoms with Gasteiger partial charge in [0.05, 0.1) is 5.75 Å². The highest BCUT2D eigenvalue weighted by molar-refractivity contribution is 7.89. The number of sulfonamides is 1. The van der Waals surface area contributed by atoms with Gasteiger partial charge in [0, 0.05) is 19.6 Å². The molecule has 0 aromatic heterocycles. The smallest absolute Gasteiger partial charge is 0.213 e. The topological polar surface area (TPSA) is 49.4 Å². The molecule has 1 fully saturated rings. The van der Waals surface area contributed by atoms with Crippen LogP contribution in [0.4, 0.5) is 0 Å². The third kappa shape index (κ3) is 6.19. The molecule has 0 heterocycles. The van der Waals surface area contributed by atoms with E-state index in [0.717, 1.165) is 19.4 Å². The number of hydrogen-bond acceptors (Lipinski definition) is 3. The highest BCUT2D eigenvalue weighted by Crippen LogP contribution is 2.18. The van der Waals surface area contributed by atoms with Crippen LogP contribution in [-0.2, 0) is 10.0 Å². The molecule has 100 valence electrons. The van der Waals surface area contributed by atoms with Crippen molar-refractivity contribution in [1.29, 1.82) is 0 Å². The van der Waals surface area contributed by atoms with E-state index in [9.17, 15) is 8.42 Å². The van der Waals surface area contributed by atoms with Gasteiger partial charge in [-0.3, -0.25) is 0 Å². The van der Waals surface area contributed by atoms with E-state index in [0.29, 0.717) is 19.0 Å². The van der Waals surface area contributed by atoms with E-state index in [2.05, 4.69) is 11.9 Å². The predicted molar refractivity (Wildman–Crippen MR) is 71.5 cm³/mol. The standard InChI is InChI=1S/C12H24N2O2S/c1-3-4-5-10-14(2)17(15,16)11-6-9-13-12-7-8-12/h3,12-13H,1,4-11H2,2H3. The molecule has 4 nitrogen and oxygen atoms in total. The minimum absolute atomic E-state index is 0.247. The molecule has 1 N–H and O–H groups in total. The largest absolute Gasteiger partial charge is 0.314 e. The van der Waals surface area contributed by atoms with Gasteiger partial charge in [-0.2, -0.15) is 0 Å². The van der Waals surface area contributed by atoms with E-state index >= 15 is 0 Å². The summed E-state index contributed by atoms with van der Waals surface area (Å²) < 4.78 is 25.2. The van der Waals surface area contributed by atoms with E-state index in [1.165, 1.54) is 17.1 Å².